The first kappa shape index (κ1) is 13.3. The van der Waals surface area contributed by atoms with Crippen LogP contribution in [0.5, 0.6) is 0 Å². The second-order valence-corrected chi connectivity index (χ2v) is 5.54. The molecule has 0 atom stereocenters. The Morgan fingerprint density at radius 3 is 2.78 bits per heavy atom. The molecule has 0 radical (unpaired) electrons. The second kappa shape index (κ2) is 5.69. The quantitative estimate of drug-likeness (QED) is 0.788. The average molecular weight is 313 g/mol. The van der Waals surface area contributed by atoms with E-state index in [9.17, 15) is 4.79 Å². The number of nitrogens with zero attached hydrogens (tertiary/aromatic N) is 2. The van der Waals surface area contributed by atoms with Gasteiger partial charge < -0.3 is 9.64 Å². The monoisotopic (exact) mass is 312 g/mol. The molecule has 0 saturated carbocycles. The van der Waals surface area contributed by atoms with Crippen molar-refractivity contribution in [2.45, 2.75) is 19.8 Å². The minimum Gasteiger partial charge on any atom is -0.465 e. The van der Waals surface area contributed by atoms with Gasteiger partial charge in [0.25, 0.3) is 0 Å². The molecule has 98 valence electrons. The lowest BCUT2D eigenvalue weighted by molar-refractivity contribution is 0.0599. The van der Waals surface area contributed by atoms with Gasteiger partial charge in [-0.05, 0) is 40.8 Å². The van der Waals surface area contributed by atoms with Crippen molar-refractivity contribution >= 4 is 27.7 Å². The molecule has 5 heteroatoms. The Labute approximate surface area is 115 Å². The van der Waals surface area contributed by atoms with E-state index < -0.39 is 0 Å². The topological polar surface area (TPSA) is 42.4 Å². The number of carbonyl (C=O) groups excluding carboxylic acids is 1. The maximum absolute atomic E-state index is 11.6. The van der Waals surface area contributed by atoms with Crippen LogP contribution in [0, 0.1) is 5.92 Å². The van der Waals surface area contributed by atoms with Crippen LogP contribution < -0.4 is 4.90 Å². The van der Waals surface area contributed by atoms with E-state index in [4.69, 9.17) is 4.74 Å². The van der Waals surface area contributed by atoms with Crippen LogP contribution in [0.2, 0.25) is 0 Å². The standard InChI is InChI=1S/C13H17BrN2O2/c1-9-3-5-16(6-4-9)12-7-10(13(17)18-2)11(14)8-15-12/h7-9H,3-6H2,1-2H3. The predicted octanol–water partition coefficient (Wildman–Crippen LogP) is 2.87. The summed E-state index contributed by atoms with van der Waals surface area (Å²) in [5.41, 5.74) is 0.529. The fraction of sp³-hybridized carbons (Fsp3) is 0.538. The fourth-order valence-electron chi connectivity index (χ4n) is 2.10. The van der Waals surface area contributed by atoms with Gasteiger partial charge >= 0.3 is 5.97 Å². The largest absolute Gasteiger partial charge is 0.465 e. The van der Waals surface area contributed by atoms with Crippen LogP contribution >= 0.6 is 15.9 Å². The van der Waals surface area contributed by atoms with Crippen LogP contribution in [-0.2, 0) is 4.74 Å². The van der Waals surface area contributed by atoms with Gasteiger partial charge in [0.15, 0.2) is 0 Å². The van der Waals surface area contributed by atoms with E-state index in [2.05, 4.69) is 32.7 Å². The molecule has 1 aliphatic heterocycles. The molecular formula is C13H17BrN2O2. The third-order valence-electron chi connectivity index (χ3n) is 3.35. The van der Waals surface area contributed by atoms with E-state index in [0.717, 1.165) is 24.8 Å². The molecule has 1 aromatic heterocycles. The maximum atomic E-state index is 11.6. The first-order chi connectivity index (χ1) is 8.61. The molecular weight excluding hydrogens is 296 g/mol. The summed E-state index contributed by atoms with van der Waals surface area (Å²) in [5, 5.41) is 0. The van der Waals surface area contributed by atoms with Crippen LogP contribution in [0.15, 0.2) is 16.7 Å². The maximum Gasteiger partial charge on any atom is 0.339 e. The predicted molar refractivity (Wildman–Crippen MR) is 73.9 cm³/mol. The normalized spacial score (nSPS) is 16.7. The van der Waals surface area contributed by atoms with Gasteiger partial charge in [0.05, 0.1) is 17.1 Å². The van der Waals surface area contributed by atoms with E-state index >= 15 is 0 Å². The van der Waals surface area contributed by atoms with Gasteiger partial charge in [0, 0.05) is 19.3 Å². The number of carbonyl (C=O) groups is 1. The van der Waals surface area contributed by atoms with Crippen LogP contribution in [-0.4, -0.2) is 31.2 Å². The summed E-state index contributed by atoms with van der Waals surface area (Å²) in [6.07, 6.45) is 4.01. The molecule has 4 nitrogen and oxygen atoms in total. The molecule has 0 aromatic carbocycles. The van der Waals surface area contributed by atoms with E-state index in [0.29, 0.717) is 10.0 Å². The molecule has 0 amide bonds. The van der Waals surface area contributed by atoms with Gasteiger partial charge in [0.2, 0.25) is 0 Å². The lowest BCUT2D eigenvalue weighted by atomic mass is 9.99. The fourth-order valence-corrected chi connectivity index (χ4v) is 2.48. The highest BCUT2D eigenvalue weighted by atomic mass is 79.9. The number of hydrogen-bond acceptors (Lipinski definition) is 4. The third-order valence-corrected chi connectivity index (χ3v) is 3.99. The summed E-state index contributed by atoms with van der Waals surface area (Å²) in [7, 11) is 1.39. The summed E-state index contributed by atoms with van der Waals surface area (Å²) in [5.74, 6) is 1.29. The number of rotatable bonds is 2. The average Bonchev–Trinajstić information content (AvgIpc) is 2.39. The molecule has 1 saturated heterocycles. The molecule has 0 bridgehead atoms. The van der Waals surface area contributed by atoms with Crippen LogP contribution in [0.1, 0.15) is 30.1 Å². The lowest BCUT2D eigenvalue weighted by Crippen LogP contribution is -2.33. The van der Waals surface area contributed by atoms with Crippen molar-refractivity contribution in [1.29, 1.82) is 0 Å². The van der Waals surface area contributed by atoms with Crippen LogP contribution in [0.3, 0.4) is 0 Å². The number of halogens is 1. The van der Waals surface area contributed by atoms with E-state index in [1.165, 1.54) is 20.0 Å². The van der Waals surface area contributed by atoms with Crippen LogP contribution in [0.4, 0.5) is 5.82 Å². The summed E-state index contributed by atoms with van der Waals surface area (Å²) in [6, 6.07) is 1.80. The van der Waals surface area contributed by atoms with E-state index in [1.807, 2.05) is 0 Å². The number of piperidine rings is 1. The Bertz CT molecular complexity index is 443. The van der Waals surface area contributed by atoms with Gasteiger partial charge in [-0.2, -0.15) is 0 Å². The number of hydrogen-bond donors (Lipinski definition) is 0. The second-order valence-electron chi connectivity index (χ2n) is 4.68. The van der Waals surface area contributed by atoms with E-state index in [-0.39, 0.29) is 5.97 Å². The third kappa shape index (κ3) is 2.83. The molecule has 1 aliphatic rings. The zero-order chi connectivity index (χ0) is 13.1. The Hall–Kier alpha value is -1.10. The number of anilines is 1. The molecule has 0 spiro atoms. The Morgan fingerprint density at radius 1 is 1.50 bits per heavy atom. The van der Waals surface area contributed by atoms with Crippen molar-refractivity contribution in [2.24, 2.45) is 5.92 Å². The SMILES string of the molecule is COC(=O)c1cc(N2CCC(C)CC2)ncc1Br. The highest BCUT2D eigenvalue weighted by Crippen LogP contribution is 2.25. The first-order valence-electron chi connectivity index (χ1n) is 6.10. The molecule has 2 rings (SSSR count). The number of pyridine rings is 1. The Morgan fingerprint density at radius 2 is 2.17 bits per heavy atom. The van der Waals surface area contributed by atoms with Crippen molar-refractivity contribution in [1.82, 2.24) is 4.98 Å². The molecule has 18 heavy (non-hydrogen) atoms. The first-order valence-corrected chi connectivity index (χ1v) is 6.90. The summed E-state index contributed by atoms with van der Waals surface area (Å²) < 4.78 is 5.43. The van der Waals surface area contributed by atoms with Crippen molar-refractivity contribution < 1.29 is 9.53 Å². The zero-order valence-electron chi connectivity index (χ0n) is 10.6. The molecule has 1 fully saturated rings. The number of methoxy groups -OCH3 is 1. The van der Waals surface area contributed by atoms with Gasteiger partial charge in [-0.25, -0.2) is 9.78 Å². The lowest BCUT2D eigenvalue weighted by Gasteiger charge is -2.31. The zero-order valence-corrected chi connectivity index (χ0v) is 12.2. The van der Waals surface area contributed by atoms with Crippen molar-refractivity contribution in [3.05, 3.63) is 22.3 Å². The molecule has 1 aromatic rings. The van der Waals surface area contributed by atoms with Gasteiger partial charge in [0.1, 0.15) is 5.82 Å². The Balaban J connectivity index is 2.21. The number of aromatic nitrogens is 1. The minimum atomic E-state index is -0.337. The number of esters is 1. The summed E-state index contributed by atoms with van der Waals surface area (Å²) >= 11 is 3.32. The molecule has 0 aliphatic carbocycles. The smallest absolute Gasteiger partial charge is 0.339 e. The minimum absolute atomic E-state index is 0.337. The van der Waals surface area contributed by atoms with Crippen molar-refractivity contribution in [2.75, 3.05) is 25.1 Å². The summed E-state index contributed by atoms with van der Waals surface area (Å²) in [6.45, 7) is 4.26. The van der Waals surface area contributed by atoms with Crippen molar-refractivity contribution in [3.63, 3.8) is 0 Å². The van der Waals surface area contributed by atoms with Gasteiger partial charge in [-0.3, -0.25) is 0 Å². The van der Waals surface area contributed by atoms with Gasteiger partial charge in [-0.1, -0.05) is 6.92 Å². The summed E-state index contributed by atoms with van der Waals surface area (Å²) in [4.78, 5) is 18.2. The molecule has 0 unspecified atom stereocenters. The number of ether oxygens (including phenoxy) is 1. The molecule has 2 heterocycles. The highest BCUT2D eigenvalue weighted by Gasteiger charge is 2.19. The van der Waals surface area contributed by atoms with Gasteiger partial charge in [-0.15, -0.1) is 0 Å². The van der Waals surface area contributed by atoms with Crippen molar-refractivity contribution in [3.8, 4) is 0 Å². The highest BCUT2D eigenvalue weighted by molar-refractivity contribution is 9.10. The molecule has 0 N–H and O–H groups in total. The Kier molecular flexibility index (Phi) is 4.22. The van der Waals surface area contributed by atoms with Crippen LogP contribution in [0.25, 0.3) is 0 Å². The van der Waals surface area contributed by atoms with E-state index in [1.54, 1.807) is 12.3 Å².